The smallest absolute Gasteiger partial charge is 0.332 e. The predicted molar refractivity (Wildman–Crippen MR) is 90.6 cm³/mol. The number of hydrogen-bond acceptors (Lipinski definition) is 7. The molecule has 0 atom stereocenters. The Bertz CT molecular complexity index is 847. The molecule has 0 saturated heterocycles. The van der Waals surface area contributed by atoms with Crippen molar-refractivity contribution in [2.75, 3.05) is 25.6 Å². The molecule has 0 radical (unpaired) electrons. The molecule has 0 bridgehead atoms. The van der Waals surface area contributed by atoms with Gasteiger partial charge in [-0.1, -0.05) is 6.07 Å². The fraction of sp³-hybridized carbons (Fsp3) is 0.250. The maximum Gasteiger partial charge on any atom is 0.332 e. The molecule has 140 valence electrons. The Hall–Kier alpha value is -2.69. The summed E-state index contributed by atoms with van der Waals surface area (Å²) in [5.74, 6) is -0.815. The first-order chi connectivity index (χ1) is 12.4. The summed E-state index contributed by atoms with van der Waals surface area (Å²) in [7, 11) is -2.46. The van der Waals surface area contributed by atoms with E-state index in [0.717, 1.165) is 0 Å². The molecule has 2 rings (SSSR count). The van der Waals surface area contributed by atoms with Gasteiger partial charge in [0.05, 0.1) is 17.7 Å². The van der Waals surface area contributed by atoms with E-state index in [4.69, 9.17) is 4.42 Å². The molecule has 0 saturated carbocycles. The molecule has 0 aliphatic rings. The van der Waals surface area contributed by atoms with E-state index >= 15 is 0 Å². The second-order valence-corrected chi connectivity index (χ2v) is 6.84. The summed E-state index contributed by atoms with van der Waals surface area (Å²) in [6.45, 7) is -0.764. The van der Waals surface area contributed by atoms with E-state index in [2.05, 4.69) is 19.5 Å². The number of hydrogen-bond donors (Lipinski definition) is 2. The molecule has 9 nitrogen and oxygen atoms in total. The first-order valence-electron chi connectivity index (χ1n) is 7.47. The van der Waals surface area contributed by atoms with E-state index in [1.807, 2.05) is 0 Å². The zero-order chi connectivity index (χ0) is 19.0. The van der Waals surface area contributed by atoms with Crippen LogP contribution < -0.4 is 10.0 Å². The van der Waals surface area contributed by atoms with Crippen LogP contribution in [0.25, 0.3) is 0 Å². The molecule has 1 heterocycles. The van der Waals surface area contributed by atoms with Crippen LogP contribution in [-0.4, -0.2) is 40.6 Å². The summed E-state index contributed by atoms with van der Waals surface area (Å²) in [5, 5.41) is 2.45. The number of anilines is 1. The largest absolute Gasteiger partial charge is 0.468 e. The number of amides is 1. The Balaban J connectivity index is 1.95. The lowest BCUT2D eigenvalue weighted by atomic mass is 10.3. The molecule has 2 aromatic rings. The van der Waals surface area contributed by atoms with Gasteiger partial charge in [-0.3, -0.25) is 4.79 Å². The first kappa shape index (κ1) is 19.6. The molecule has 1 aromatic heterocycles. The van der Waals surface area contributed by atoms with Crippen LogP contribution in [0.5, 0.6) is 0 Å². The van der Waals surface area contributed by atoms with Crippen molar-refractivity contribution >= 4 is 27.6 Å². The third kappa shape index (κ3) is 5.99. The highest BCUT2D eigenvalue weighted by Gasteiger charge is 2.15. The van der Waals surface area contributed by atoms with E-state index in [1.165, 1.54) is 37.6 Å². The molecule has 10 heteroatoms. The zero-order valence-electron chi connectivity index (χ0n) is 13.9. The topological polar surface area (TPSA) is 124 Å². The number of esters is 1. The Morgan fingerprint density at radius 3 is 2.65 bits per heavy atom. The average molecular weight is 382 g/mol. The minimum absolute atomic E-state index is 0.00136. The van der Waals surface area contributed by atoms with Crippen molar-refractivity contribution in [1.29, 1.82) is 0 Å². The molecular weight excluding hydrogens is 364 g/mol. The van der Waals surface area contributed by atoms with Crippen molar-refractivity contribution in [1.82, 2.24) is 4.72 Å². The lowest BCUT2D eigenvalue weighted by molar-refractivity contribution is -0.150. The minimum atomic E-state index is -3.79. The number of sulfonamides is 1. The Morgan fingerprint density at radius 1 is 1.15 bits per heavy atom. The summed E-state index contributed by atoms with van der Waals surface area (Å²) in [6, 6.07) is 8.97. The van der Waals surface area contributed by atoms with Crippen LogP contribution in [0.1, 0.15) is 5.76 Å². The van der Waals surface area contributed by atoms with Gasteiger partial charge in [-0.15, -0.1) is 0 Å². The molecule has 2 N–H and O–H groups in total. The van der Waals surface area contributed by atoms with Gasteiger partial charge >= 0.3 is 5.97 Å². The Morgan fingerprint density at radius 2 is 1.96 bits per heavy atom. The molecule has 0 fully saturated rings. The summed E-state index contributed by atoms with van der Waals surface area (Å²) in [6.07, 6.45) is 1.44. The lowest BCUT2D eigenvalue weighted by Crippen LogP contribution is -2.24. The number of carbonyl (C=O) groups excluding carboxylic acids is 2. The van der Waals surface area contributed by atoms with E-state index in [9.17, 15) is 18.0 Å². The number of nitrogens with one attached hydrogen (secondary N) is 2. The van der Waals surface area contributed by atoms with E-state index in [1.54, 1.807) is 12.1 Å². The molecule has 0 spiro atoms. The SMILES string of the molecule is COCC(=O)OCC(=O)Nc1cccc(S(=O)(=O)NCc2ccco2)c1. The number of rotatable bonds is 9. The highest BCUT2D eigenvalue weighted by atomic mass is 32.2. The Kier molecular flexibility index (Phi) is 6.89. The van der Waals surface area contributed by atoms with E-state index < -0.39 is 28.5 Å². The van der Waals surface area contributed by atoms with Gasteiger partial charge in [-0.05, 0) is 30.3 Å². The summed E-state index contributed by atoms with van der Waals surface area (Å²) in [5.41, 5.74) is 0.249. The second-order valence-electron chi connectivity index (χ2n) is 5.07. The standard InChI is InChI=1S/C16H18N2O7S/c1-23-11-16(20)25-10-15(19)18-12-4-2-6-14(8-12)26(21,22)17-9-13-5-3-7-24-13/h2-8,17H,9-11H2,1H3,(H,18,19). The number of methoxy groups -OCH3 is 1. The maximum absolute atomic E-state index is 12.3. The second kappa shape index (κ2) is 9.13. The van der Waals surface area contributed by atoms with Crippen LogP contribution in [0.2, 0.25) is 0 Å². The molecule has 1 aromatic carbocycles. The van der Waals surface area contributed by atoms with Gasteiger partial charge < -0.3 is 19.2 Å². The monoisotopic (exact) mass is 382 g/mol. The highest BCUT2D eigenvalue weighted by molar-refractivity contribution is 7.89. The van der Waals surface area contributed by atoms with Gasteiger partial charge in [0.15, 0.2) is 6.61 Å². The van der Waals surface area contributed by atoms with Gasteiger partial charge in [-0.2, -0.15) is 0 Å². The maximum atomic E-state index is 12.3. The minimum Gasteiger partial charge on any atom is -0.468 e. The van der Waals surface area contributed by atoms with Gasteiger partial charge in [-0.25, -0.2) is 17.9 Å². The zero-order valence-corrected chi connectivity index (χ0v) is 14.7. The third-order valence-electron chi connectivity index (χ3n) is 3.07. The van der Waals surface area contributed by atoms with Crippen molar-refractivity contribution in [2.24, 2.45) is 0 Å². The number of carbonyl (C=O) groups is 2. The molecule has 0 unspecified atom stereocenters. The fourth-order valence-electron chi connectivity index (χ4n) is 1.91. The van der Waals surface area contributed by atoms with E-state index in [-0.39, 0.29) is 23.7 Å². The van der Waals surface area contributed by atoms with Crippen LogP contribution in [-0.2, 0) is 35.6 Å². The number of furan rings is 1. The molecule has 1 amide bonds. The first-order valence-corrected chi connectivity index (χ1v) is 8.95. The molecule has 0 aliphatic carbocycles. The van der Waals surface area contributed by atoms with Crippen LogP contribution in [0.3, 0.4) is 0 Å². The van der Waals surface area contributed by atoms with Gasteiger partial charge in [0.2, 0.25) is 10.0 Å². The highest BCUT2D eigenvalue weighted by Crippen LogP contribution is 2.16. The fourth-order valence-corrected chi connectivity index (χ4v) is 2.95. The normalized spacial score (nSPS) is 11.1. The van der Waals surface area contributed by atoms with Crippen LogP contribution in [0, 0.1) is 0 Å². The lowest BCUT2D eigenvalue weighted by Gasteiger charge is -2.09. The van der Waals surface area contributed by atoms with Crippen LogP contribution in [0.4, 0.5) is 5.69 Å². The summed E-state index contributed by atoms with van der Waals surface area (Å²) < 4.78 is 41.3. The number of ether oxygens (including phenoxy) is 2. The quantitative estimate of drug-likeness (QED) is 0.617. The van der Waals surface area contributed by atoms with Crippen LogP contribution in [0.15, 0.2) is 52.0 Å². The van der Waals surface area contributed by atoms with Gasteiger partial charge in [0, 0.05) is 12.8 Å². The summed E-state index contributed by atoms with van der Waals surface area (Å²) >= 11 is 0. The van der Waals surface area contributed by atoms with Crippen molar-refractivity contribution in [3.05, 3.63) is 48.4 Å². The number of benzene rings is 1. The third-order valence-corrected chi connectivity index (χ3v) is 4.47. The van der Waals surface area contributed by atoms with Crippen molar-refractivity contribution in [3.63, 3.8) is 0 Å². The van der Waals surface area contributed by atoms with Crippen LogP contribution >= 0.6 is 0 Å². The van der Waals surface area contributed by atoms with E-state index in [0.29, 0.717) is 5.76 Å². The average Bonchev–Trinajstić information content (AvgIpc) is 3.12. The molecule has 26 heavy (non-hydrogen) atoms. The van der Waals surface area contributed by atoms with Crippen molar-refractivity contribution in [3.8, 4) is 0 Å². The Labute approximate surface area is 150 Å². The predicted octanol–water partition coefficient (Wildman–Crippen LogP) is 0.886. The summed E-state index contributed by atoms with van der Waals surface area (Å²) in [4.78, 5) is 22.9. The van der Waals surface area contributed by atoms with Gasteiger partial charge in [0.25, 0.3) is 5.91 Å². The van der Waals surface area contributed by atoms with Gasteiger partial charge in [0.1, 0.15) is 12.4 Å². The molecule has 0 aliphatic heterocycles. The molecular formula is C16H18N2O7S. The van der Waals surface area contributed by atoms with Crippen molar-refractivity contribution in [2.45, 2.75) is 11.4 Å². The van der Waals surface area contributed by atoms with Crippen molar-refractivity contribution < 1.29 is 31.9 Å².